The molecule has 1 aliphatic rings. The number of fused-ring (bicyclic) bond motifs is 1. The van der Waals surface area contributed by atoms with E-state index >= 15 is 0 Å². The minimum absolute atomic E-state index is 0.0185. The van der Waals surface area contributed by atoms with Crippen LogP contribution >= 0.6 is 69.7 Å². The summed E-state index contributed by atoms with van der Waals surface area (Å²) in [6.07, 6.45) is -8.63. The van der Waals surface area contributed by atoms with Crippen LogP contribution in [0.4, 0.5) is 19.0 Å². The molecule has 3 heterocycles. The smallest absolute Gasteiger partial charge is 0.387 e. The summed E-state index contributed by atoms with van der Waals surface area (Å²) in [5.74, 6) is 0.525. The van der Waals surface area contributed by atoms with E-state index in [1.807, 2.05) is 6.26 Å². The van der Waals surface area contributed by atoms with Crippen molar-refractivity contribution in [2.24, 2.45) is 0 Å². The summed E-state index contributed by atoms with van der Waals surface area (Å²) < 4.78 is 111. The van der Waals surface area contributed by atoms with E-state index in [1.54, 1.807) is 0 Å². The second-order valence-electron chi connectivity index (χ2n) is 9.42. The molecule has 2 aromatic rings. The molecule has 0 saturated carbocycles. The molecule has 276 valence electrons. The lowest BCUT2D eigenvalue weighted by Crippen LogP contribution is -2.33. The number of hydrogen-bond donors (Lipinski definition) is 3. The standard InChI is InChI=1S/C21H33Cl2F3N5O12P3S2/c1-37-44(34,38-2)21(22,23)45(35,39-3)43-46(36,40-4)41-10-12-14(32)15(33)18(42-12)31-11-28-13-16(27-7-9-47-5)29-19(30-17(13)31)48-8-6-20(24,25)26/h11-12,14-15,18,32-33H,6-10H2,1-5H3,(H,27,29,30)/t12-,14-,15-,18-,45?,46?/m1/s1. The third-order valence-electron chi connectivity index (χ3n) is 6.44. The maximum atomic E-state index is 13.5. The number of imidazole rings is 1. The molecule has 0 aromatic carbocycles. The van der Waals surface area contributed by atoms with Gasteiger partial charge in [-0.05, 0) is 6.26 Å². The van der Waals surface area contributed by atoms with Gasteiger partial charge in [-0.15, -0.1) is 0 Å². The SMILES string of the molecule is COP(=O)(OC[C@H]1O[C@@H](n2cnc3c(NCCSC)nc(SCCC(F)(F)F)nc32)[C@H](O)[C@@H]1O)OP(=O)(OC)C(Cl)(Cl)P(=O)(OC)OC. The molecule has 0 bridgehead atoms. The van der Waals surface area contributed by atoms with E-state index in [1.165, 1.54) is 22.7 Å². The molecule has 6 atom stereocenters. The maximum absolute atomic E-state index is 13.5. The van der Waals surface area contributed by atoms with Crippen molar-refractivity contribution in [2.45, 2.75) is 46.1 Å². The summed E-state index contributed by atoms with van der Waals surface area (Å²) in [6, 6.07) is 0. The number of phosphoric ester groups is 1. The third-order valence-corrected chi connectivity index (χ3v) is 17.2. The maximum Gasteiger partial charge on any atom is 0.481 e. The monoisotopic (exact) mass is 831 g/mol. The topological polar surface area (TPSA) is 212 Å². The summed E-state index contributed by atoms with van der Waals surface area (Å²) in [5.41, 5.74) is 0.251. The zero-order chi connectivity index (χ0) is 36.1. The van der Waals surface area contributed by atoms with Crippen LogP contribution in [0, 0.1) is 0 Å². The number of phosphoric acid groups is 1. The van der Waals surface area contributed by atoms with Crippen molar-refractivity contribution in [1.29, 1.82) is 0 Å². The van der Waals surface area contributed by atoms with Gasteiger partial charge in [0.2, 0.25) is 0 Å². The molecule has 1 aliphatic heterocycles. The van der Waals surface area contributed by atoms with E-state index in [-0.39, 0.29) is 27.9 Å². The van der Waals surface area contributed by atoms with Crippen molar-refractivity contribution >= 4 is 86.7 Å². The Balaban J connectivity index is 1.86. The van der Waals surface area contributed by atoms with Crippen molar-refractivity contribution in [3.8, 4) is 0 Å². The molecule has 0 aliphatic carbocycles. The molecule has 27 heteroatoms. The summed E-state index contributed by atoms with van der Waals surface area (Å²) >= 11 is 14.4. The van der Waals surface area contributed by atoms with Gasteiger partial charge >= 0.3 is 33.0 Å². The number of ether oxygens (including phenoxy) is 1. The van der Waals surface area contributed by atoms with Crippen LogP contribution in [0.1, 0.15) is 12.6 Å². The van der Waals surface area contributed by atoms with Gasteiger partial charge in [0.1, 0.15) is 18.3 Å². The highest BCUT2D eigenvalue weighted by molar-refractivity contribution is 7.99. The Bertz CT molecular complexity index is 1540. The largest absolute Gasteiger partial charge is 0.481 e. The molecule has 0 amide bonds. The van der Waals surface area contributed by atoms with Gasteiger partial charge in [0.25, 0.3) is 0 Å². The molecular weight excluding hydrogens is 799 g/mol. The lowest BCUT2D eigenvalue weighted by Gasteiger charge is -2.32. The number of rotatable bonds is 19. The molecule has 3 rings (SSSR count). The normalized spacial score (nSPS) is 23.3. The summed E-state index contributed by atoms with van der Waals surface area (Å²) in [4.78, 5) is 12.9. The first kappa shape index (κ1) is 42.2. The lowest BCUT2D eigenvalue weighted by molar-refractivity contribution is -0.129. The molecule has 0 spiro atoms. The minimum atomic E-state index is -5.15. The van der Waals surface area contributed by atoms with Gasteiger partial charge in [-0.1, -0.05) is 35.0 Å². The first-order chi connectivity index (χ1) is 22.3. The number of nitrogens with zero attached hydrogens (tertiary/aromatic N) is 4. The van der Waals surface area contributed by atoms with Crippen molar-refractivity contribution in [3.63, 3.8) is 0 Å². The van der Waals surface area contributed by atoms with E-state index in [4.69, 9.17) is 45.8 Å². The van der Waals surface area contributed by atoms with E-state index in [0.29, 0.717) is 12.3 Å². The average molecular weight is 832 g/mol. The zero-order valence-electron chi connectivity index (χ0n) is 25.7. The first-order valence-corrected chi connectivity index (χ1v) is 21.0. The van der Waals surface area contributed by atoms with Crippen molar-refractivity contribution in [2.75, 3.05) is 64.7 Å². The molecule has 0 radical (unpaired) electrons. The highest BCUT2D eigenvalue weighted by atomic mass is 35.5. The molecule has 3 N–H and O–H groups in total. The van der Waals surface area contributed by atoms with Crippen LogP contribution in [0.3, 0.4) is 0 Å². The summed E-state index contributed by atoms with van der Waals surface area (Å²) in [5, 5.41) is 24.7. The van der Waals surface area contributed by atoms with Gasteiger partial charge in [0.05, 0.1) is 19.4 Å². The fourth-order valence-corrected chi connectivity index (χ4v) is 12.5. The Morgan fingerprint density at radius 2 is 1.67 bits per heavy atom. The van der Waals surface area contributed by atoms with Crippen LogP contribution in [0.25, 0.3) is 11.2 Å². The lowest BCUT2D eigenvalue weighted by atomic mass is 10.1. The van der Waals surface area contributed by atoms with Crippen LogP contribution in [-0.2, 0) is 45.4 Å². The third kappa shape index (κ3) is 9.40. The number of alkyl halides is 5. The van der Waals surface area contributed by atoms with Gasteiger partial charge in [0, 0.05) is 46.5 Å². The molecule has 2 aromatic heterocycles. The van der Waals surface area contributed by atoms with Gasteiger partial charge in [-0.3, -0.25) is 22.7 Å². The second kappa shape index (κ2) is 17.1. The fourth-order valence-electron chi connectivity index (χ4n) is 3.94. The first-order valence-electron chi connectivity index (χ1n) is 13.3. The van der Waals surface area contributed by atoms with Gasteiger partial charge < -0.3 is 33.8 Å². The number of hydrogen-bond acceptors (Lipinski definition) is 18. The number of aromatic nitrogens is 4. The number of nitrogens with one attached hydrogen (secondary N) is 1. The Morgan fingerprint density at radius 3 is 2.23 bits per heavy atom. The van der Waals surface area contributed by atoms with Crippen molar-refractivity contribution in [3.05, 3.63) is 6.33 Å². The Labute approximate surface area is 291 Å². The molecule has 2 unspecified atom stereocenters. The quantitative estimate of drug-likeness (QED) is 0.0527. The minimum Gasteiger partial charge on any atom is -0.387 e. The molecule has 48 heavy (non-hydrogen) atoms. The van der Waals surface area contributed by atoms with E-state index in [0.717, 1.165) is 40.2 Å². The number of thioether (sulfide) groups is 2. The molecular formula is C21H33Cl2F3N5O12P3S2. The second-order valence-corrected chi connectivity index (χ2v) is 20.8. The van der Waals surface area contributed by atoms with Crippen molar-refractivity contribution in [1.82, 2.24) is 19.5 Å². The predicted molar refractivity (Wildman–Crippen MR) is 172 cm³/mol. The highest BCUT2D eigenvalue weighted by Gasteiger charge is 2.66. The molecule has 1 saturated heterocycles. The summed E-state index contributed by atoms with van der Waals surface area (Å²) in [7, 11) is -11.4. The van der Waals surface area contributed by atoms with Gasteiger partial charge in [-0.2, -0.15) is 24.9 Å². The number of anilines is 1. The Morgan fingerprint density at radius 1 is 1.02 bits per heavy atom. The summed E-state index contributed by atoms with van der Waals surface area (Å²) in [6.45, 7) is -0.400. The van der Waals surface area contributed by atoms with Crippen LogP contribution < -0.4 is 5.32 Å². The van der Waals surface area contributed by atoms with Gasteiger partial charge in [0.15, 0.2) is 28.4 Å². The highest BCUT2D eigenvalue weighted by Crippen LogP contribution is 2.84. The van der Waals surface area contributed by atoms with Crippen molar-refractivity contribution < 1.29 is 68.7 Å². The van der Waals surface area contributed by atoms with E-state index in [2.05, 4.69) is 29.3 Å². The van der Waals surface area contributed by atoms with Gasteiger partial charge in [-0.25, -0.2) is 23.8 Å². The Kier molecular flexibility index (Phi) is 15.0. The van der Waals surface area contributed by atoms with Crippen LogP contribution in [0.2, 0.25) is 0 Å². The van der Waals surface area contributed by atoms with Crippen LogP contribution in [0.5, 0.6) is 0 Å². The Hall–Kier alpha value is -0.250. The predicted octanol–water partition coefficient (Wildman–Crippen LogP) is 5.47. The molecule has 17 nitrogen and oxygen atoms in total. The zero-order valence-corrected chi connectivity index (χ0v) is 31.6. The number of aliphatic hydroxyl groups excluding tert-OH is 2. The molecule has 1 fully saturated rings. The van der Waals surface area contributed by atoms with Crippen LogP contribution in [-0.4, -0.2) is 117 Å². The van der Waals surface area contributed by atoms with E-state index < -0.39 is 70.6 Å². The fraction of sp³-hybridized carbons (Fsp3) is 0.762. The van der Waals surface area contributed by atoms with E-state index in [9.17, 15) is 37.1 Å². The van der Waals surface area contributed by atoms with Crippen LogP contribution in [0.15, 0.2) is 11.5 Å². The number of halogens is 5. The average Bonchev–Trinajstić information content (AvgIpc) is 3.58. The number of aliphatic hydroxyl groups is 2.